The minimum absolute atomic E-state index is 0.311. The third kappa shape index (κ3) is 4.49. The Kier molecular flexibility index (Phi) is 5.49. The van der Waals surface area contributed by atoms with Crippen LogP contribution in [0.3, 0.4) is 0 Å². The van der Waals surface area contributed by atoms with Gasteiger partial charge in [0.05, 0.1) is 22.8 Å². The largest absolute Gasteiger partial charge is 0.337 e. The van der Waals surface area contributed by atoms with E-state index in [1.54, 1.807) is 42.7 Å². The summed E-state index contributed by atoms with van der Waals surface area (Å²) >= 11 is 0. The molecular weight excluding hydrogens is 435 g/mol. The molecule has 5 rings (SSSR count). The Bertz CT molecular complexity index is 1480. The van der Waals surface area contributed by atoms with Crippen LogP contribution in [0.4, 0.5) is 15.9 Å². The number of aromatic amines is 1. The lowest BCUT2D eigenvalue weighted by Crippen LogP contribution is -2.12. The van der Waals surface area contributed by atoms with Crippen molar-refractivity contribution in [2.75, 3.05) is 10.6 Å². The maximum atomic E-state index is 13.0. The summed E-state index contributed by atoms with van der Waals surface area (Å²) in [6.45, 7) is 0. The molecule has 166 valence electrons. The Balaban J connectivity index is 1.30. The molecule has 0 bridgehead atoms. The fourth-order valence-corrected chi connectivity index (χ4v) is 3.32. The molecule has 0 radical (unpaired) electrons. The summed E-state index contributed by atoms with van der Waals surface area (Å²) in [6.07, 6.45) is 4.67. The second-order valence-electron chi connectivity index (χ2n) is 7.41. The highest BCUT2D eigenvalue weighted by Crippen LogP contribution is 2.23. The van der Waals surface area contributed by atoms with Crippen LogP contribution < -0.4 is 10.6 Å². The highest BCUT2D eigenvalue weighted by Gasteiger charge is 2.11. The van der Waals surface area contributed by atoms with Crippen molar-refractivity contribution in [3.05, 3.63) is 102 Å². The Morgan fingerprint density at radius 3 is 2.35 bits per heavy atom. The molecule has 0 fully saturated rings. The first-order chi connectivity index (χ1) is 16.5. The highest BCUT2D eigenvalue weighted by atomic mass is 19.1. The summed E-state index contributed by atoms with van der Waals surface area (Å²) in [6, 6.07) is 17.5. The van der Waals surface area contributed by atoms with Crippen molar-refractivity contribution >= 4 is 34.4 Å². The number of pyridine rings is 2. The van der Waals surface area contributed by atoms with Gasteiger partial charge in [0.15, 0.2) is 0 Å². The summed E-state index contributed by atoms with van der Waals surface area (Å²) in [7, 11) is 0. The van der Waals surface area contributed by atoms with E-state index in [1.807, 2.05) is 12.1 Å². The molecule has 2 amide bonds. The van der Waals surface area contributed by atoms with E-state index >= 15 is 0 Å². The first-order valence-corrected chi connectivity index (χ1v) is 10.3. The molecule has 8 nitrogen and oxygen atoms in total. The van der Waals surface area contributed by atoms with Gasteiger partial charge in [-0.1, -0.05) is 0 Å². The molecule has 0 saturated heterocycles. The van der Waals surface area contributed by atoms with Gasteiger partial charge in [-0.2, -0.15) is 0 Å². The standard InChI is InChI=1S/C25H17FN6O2/c26-18-7-3-16(4-8-18)24(33)29-19-9-5-15(6-10-19)23-30-20-12-22(28-14-21(20)31-23)32-25(34)17-2-1-11-27-13-17/h1-14H,(H,29,33)(H,30,31)(H,28,32,34). The topological polar surface area (TPSA) is 113 Å². The molecule has 3 aromatic heterocycles. The highest BCUT2D eigenvalue weighted by molar-refractivity contribution is 6.05. The number of fused-ring (bicyclic) bond motifs is 1. The monoisotopic (exact) mass is 452 g/mol. The fraction of sp³-hybridized carbons (Fsp3) is 0. The van der Waals surface area contributed by atoms with Crippen molar-refractivity contribution in [2.24, 2.45) is 0 Å². The van der Waals surface area contributed by atoms with E-state index in [-0.39, 0.29) is 11.8 Å². The van der Waals surface area contributed by atoms with Gasteiger partial charge in [-0.25, -0.2) is 14.4 Å². The molecule has 2 aromatic carbocycles. The Morgan fingerprint density at radius 2 is 1.62 bits per heavy atom. The maximum Gasteiger partial charge on any atom is 0.258 e. The Hall–Kier alpha value is -4.92. The third-order valence-electron chi connectivity index (χ3n) is 5.06. The number of nitrogens with zero attached hydrogens (tertiary/aromatic N) is 3. The number of rotatable bonds is 5. The predicted octanol–water partition coefficient (Wildman–Crippen LogP) is 4.66. The summed E-state index contributed by atoms with van der Waals surface area (Å²) in [5.41, 5.74) is 3.54. The molecule has 3 heterocycles. The minimum atomic E-state index is -0.398. The van der Waals surface area contributed by atoms with Crippen LogP contribution in [-0.4, -0.2) is 31.8 Å². The van der Waals surface area contributed by atoms with Crippen LogP contribution in [0.2, 0.25) is 0 Å². The number of benzene rings is 2. The van der Waals surface area contributed by atoms with Crippen LogP contribution in [0.15, 0.2) is 85.3 Å². The van der Waals surface area contributed by atoms with Crippen molar-refractivity contribution in [1.29, 1.82) is 0 Å². The second-order valence-corrected chi connectivity index (χ2v) is 7.41. The minimum Gasteiger partial charge on any atom is -0.337 e. The maximum absolute atomic E-state index is 13.0. The lowest BCUT2D eigenvalue weighted by Gasteiger charge is -2.06. The lowest BCUT2D eigenvalue weighted by molar-refractivity contribution is 0.101. The van der Waals surface area contributed by atoms with Gasteiger partial charge in [0.25, 0.3) is 11.8 Å². The number of carbonyl (C=O) groups is 2. The summed E-state index contributed by atoms with van der Waals surface area (Å²) in [4.78, 5) is 40.6. The molecule has 0 aliphatic carbocycles. The molecule has 0 aliphatic heterocycles. The number of imidazole rings is 1. The third-order valence-corrected chi connectivity index (χ3v) is 5.06. The van der Waals surface area contributed by atoms with Crippen LogP contribution in [0, 0.1) is 5.82 Å². The van der Waals surface area contributed by atoms with Gasteiger partial charge in [-0.3, -0.25) is 14.6 Å². The van der Waals surface area contributed by atoms with Crippen molar-refractivity contribution in [1.82, 2.24) is 19.9 Å². The average molecular weight is 452 g/mol. The lowest BCUT2D eigenvalue weighted by atomic mass is 10.1. The SMILES string of the molecule is O=C(Nc1ccc(-c2nc3cc(NC(=O)c4cccnc4)ncc3[nH]2)cc1)c1ccc(F)cc1. The van der Waals surface area contributed by atoms with E-state index in [0.717, 1.165) is 5.56 Å². The number of halogens is 1. The number of H-pyrrole nitrogens is 1. The fourth-order valence-electron chi connectivity index (χ4n) is 3.32. The van der Waals surface area contributed by atoms with Crippen LogP contribution >= 0.6 is 0 Å². The zero-order valence-corrected chi connectivity index (χ0v) is 17.6. The van der Waals surface area contributed by atoms with Crippen LogP contribution in [-0.2, 0) is 0 Å². The number of aromatic nitrogens is 4. The van der Waals surface area contributed by atoms with E-state index in [2.05, 4.69) is 30.6 Å². The predicted molar refractivity (Wildman–Crippen MR) is 126 cm³/mol. The van der Waals surface area contributed by atoms with E-state index in [0.29, 0.717) is 39.5 Å². The molecule has 3 N–H and O–H groups in total. The molecule has 0 atom stereocenters. The molecule has 5 aromatic rings. The van der Waals surface area contributed by atoms with Gasteiger partial charge in [0.2, 0.25) is 0 Å². The molecule has 0 unspecified atom stereocenters. The smallest absolute Gasteiger partial charge is 0.258 e. The van der Waals surface area contributed by atoms with Crippen LogP contribution in [0.5, 0.6) is 0 Å². The molecule has 0 aliphatic rings. The average Bonchev–Trinajstić information content (AvgIpc) is 3.29. The van der Waals surface area contributed by atoms with Gasteiger partial charge in [-0.05, 0) is 60.7 Å². The van der Waals surface area contributed by atoms with Crippen molar-refractivity contribution in [3.63, 3.8) is 0 Å². The van der Waals surface area contributed by atoms with E-state index in [9.17, 15) is 14.0 Å². The number of hydrogen-bond acceptors (Lipinski definition) is 5. The number of carbonyl (C=O) groups excluding carboxylic acids is 2. The summed E-state index contributed by atoms with van der Waals surface area (Å²) in [5, 5.41) is 5.51. The first kappa shape index (κ1) is 21.0. The quantitative estimate of drug-likeness (QED) is 0.359. The molecule has 0 spiro atoms. The zero-order chi connectivity index (χ0) is 23.5. The van der Waals surface area contributed by atoms with Gasteiger partial charge in [-0.15, -0.1) is 0 Å². The summed E-state index contributed by atoms with van der Waals surface area (Å²) < 4.78 is 13.0. The van der Waals surface area contributed by atoms with E-state index in [4.69, 9.17) is 0 Å². The second kappa shape index (κ2) is 8.91. The normalized spacial score (nSPS) is 10.7. The van der Waals surface area contributed by atoms with Gasteiger partial charge >= 0.3 is 0 Å². The number of nitrogens with one attached hydrogen (secondary N) is 3. The first-order valence-electron chi connectivity index (χ1n) is 10.3. The number of anilines is 2. The van der Waals surface area contributed by atoms with Crippen LogP contribution in [0.25, 0.3) is 22.4 Å². The molecular formula is C25H17FN6O2. The number of amides is 2. The van der Waals surface area contributed by atoms with Crippen molar-refractivity contribution in [2.45, 2.75) is 0 Å². The summed E-state index contributed by atoms with van der Waals surface area (Å²) in [5.74, 6) is -0.0514. The van der Waals surface area contributed by atoms with Gasteiger partial charge in [0, 0.05) is 35.3 Å². The molecule has 0 saturated carbocycles. The van der Waals surface area contributed by atoms with Gasteiger partial charge < -0.3 is 15.6 Å². The molecule has 9 heteroatoms. The van der Waals surface area contributed by atoms with Crippen molar-refractivity contribution in [3.8, 4) is 11.4 Å². The van der Waals surface area contributed by atoms with Crippen LogP contribution in [0.1, 0.15) is 20.7 Å². The Labute approximate surface area is 192 Å². The van der Waals surface area contributed by atoms with E-state index < -0.39 is 5.82 Å². The molecule has 34 heavy (non-hydrogen) atoms. The number of hydrogen-bond donors (Lipinski definition) is 3. The van der Waals surface area contributed by atoms with Crippen molar-refractivity contribution < 1.29 is 14.0 Å². The van der Waals surface area contributed by atoms with E-state index in [1.165, 1.54) is 30.5 Å². The van der Waals surface area contributed by atoms with Gasteiger partial charge in [0.1, 0.15) is 17.5 Å². The zero-order valence-electron chi connectivity index (χ0n) is 17.6. The Morgan fingerprint density at radius 1 is 0.853 bits per heavy atom.